The maximum atomic E-state index is 12.7. The van der Waals surface area contributed by atoms with Crippen LogP contribution in [0.25, 0.3) is 21.5 Å². The highest BCUT2D eigenvalue weighted by Gasteiger charge is 2.32. The highest BCUT2D eigenvalue weighted by atomic mass is 32.2. The van der Waals surface area contributed by atoms with Gasteiger partial charge in [0, 0.05) is 23.1 Å². The Bertz CT molecular complexity index is 1470. The summed E-state index contributed by atoms with van der Waals surface area (Å²) in [7, 11) is 0. The van der Waals surface area contributed by atoms with Gasteiger partial charge in [-0.3, -0.25) is 9.59 Å². The SMILES string of the molecule is C/C(=N/N=C1\NC(=O)[C@@H](CC(=O)Nc2cccc3ccccc23)S1)c1cccc2ccccc12. The summed E-state index contributed by atoms with van der Waals surface area (Å²) in [6.45, 7) is 1.89. The minimum absolute atomic E-state index is 0.0464. The normalized spacial score (nSPS) is 17.3. The molecular formula is C27H22N4O2S. The van der Waals surface area contributed by atoms with Crippen molar-refractivity contribution < 1.29 is 9.59 Å². The Morgan fingerprint density at radius 2 is 1.56 bits per heavy atom. The molecule has 0 saturated carbocycles. The Balaban J connectivity index is 1.27. The number of rotatable bonds is 5. The average molecular weight is 467 g/mol. The summed E-state index contributed by atoms with van der Waals surface area (Å²) in [6, 6.07) is 27.7. The van der Waals surface area contributed by atoms with Crippen LogP contribution in [0.1, 0.15) is 18.9 Å². The summed E-state index contributed by atoms with van der Waals surface area (Å²) >= 11 is 1.22. The van der Waals surface area contributed by atoms with Crippen LogP contribution in [0.2, 0.25) is 0 Å². The number of nitrogens with zero attached hydrogens (tertiary/aromatic N) is 2. The molecule has 2 N–H and O–H groups in total. The van der Waals surface area contributed by atoms with E-state index in [4.69, 9.17) is 0 Å². The number of carbonyl (C=O) groups excluding carboxylic acids is 2. The van der Waals surface area contributed by atoms with Gasteiger partial charge in [-0.1, -0.05) is 90.6 Å². The molecule has 34 heavy (non-hydrogen) atoms. The maximum absolute atomic E-state index is 12.7. The van der Waals surface area contributed by atoms with Gasteiger partial charge in [-0.2, -0.15) is 5.10 Å². The van der Waals surface area contributed by atoms with E-state index in [1.54, 1.807) is 0 Å². The molecule has 4 aromatic rings. The van der Waals surface area contributed by atoms with Crippen molar-refractivity contribution in [3.63, 3.8) is 0 Å². The van der Waals surface area contributed by atoms with Crippen molar-refractivity contribution in [3.05, 3.63) is 90.5 Å². The van der Waals surface area contributed by atoms with Gasteiger partial charge in [0.15, 0.2) is 5.17 Å². The number of fused-ring (bicyclic) bond motifs is 2. The molecule has 168 valence electrons. The molecule has 0 bridgehead atoms. The van der Waals surface area contributed by atoms with Gasteiger partial charge in [-0.25, -0.2) is 0 Å². The highest BCUT2D eigenvalue weighted by Crippen LogP contribution is 2.26. The number of nitrogens with one attached hydrogen (secondary N) is 2. The van der Waals surface area contributed by atoms with Crippen molar-refractivity contribution in [2.45, 2.75) is 18.6 Å². The Morgan fingerprint density at radius 3 is 2.35 bits per heavy atom. The van der Waals surface area contributed by atoms with E-state index in [-0.39, 0.29) is 18.2 Å². The summed E-state index contributed by atoms with van der Waals surface area (Å²) in [5.74, 6) is -0.462. The predicted molar refractivity (Wildman–Crippen MR) is 140 cm³/mol. The minimum Gasteiger partial charge on any atom is -0.325 e. The van der Waals surface area contributed by atoms with E-state index in [0.29, 0.717) is 5.17 Å². The Morgan fingerprint density at radius 1 is 0.912 bits per heavy atom. The lowest BCUT2D eigenvalue weighted by Gasteiger charge is -2.10. The second-order valence-corrected chi connectivity index (χ2v) is 9.18. The van der Waals surface area contributed by atoms with Crippen molar-refractivity contribution >= 4 is 61.7 Å². The first-order chi connectivity index (χ1) is 16.6. The van der Waals surface area contributed by atoms with Crippen LogP contribution in [0.3, 0.4) is 0 Å². The Hall–Kier alpha value is -3.97. The molecule has 1 fully saturated rings. The van der Waals surface area contributed by atoms with Crippen molar-refractivity contribution in [1.82, 2.24) is 5.32 Å². The molecule has 1 atom stereocenters. The van der Waals surface area contributed by atoms with E-state index in [1.807, 2.05) is 79.7 Å². The third-order valence-corrected chi connectivity index (χ3v) is 6.75. The third-order valence-electron chi connectivity index (χ3n) is 5.68. The van der Waals surface area contributed by atoms with Gasteiger partial charge in [-0.15, -0.1) is 5.10 Å². The molecule has 0 aliphatic carbocycles. The van der Waals surface area contributed by atoms with E-state index in [0.717, 1.165) is 38.5 Å². The number of benzene rings is 4. The van der Waals surface area contributed by atoms with Crippen LogP contribution in [0.5, 0.6) is 0 Å². The average Bonchev–Trinajstić information content (AvgIpc) is 3.21. The van der Waals surface area contributed by atoms with Gasteiger partial charge in [0.2, 0.25) is 11.8 Å². The van der Waals surface area contributed by atoms with Crippen molar-refractivity contribution in [1.29, 1.82) is 0 Å². The van der Waals surface area contributed by atoms with Crippen molar-refractivity contribution in [2.24, 2.45) is 10.2 Å². The Kier molecular flexibility index (Phi) is 6.10. The molecule has 2 amide bonds. The number of hydrogen-bond acceptors (Lipinski definition) is 5. The summed E-state index contributed by atoms with van der Waals surface area (Å²) in [6.07, 6.45) is 0.0464. The first kappa shape index (κ1) is 21.9. The lowest BCUT2D eigenvalue weighted by molar-refractivity contribution is -0.122. The summed E-state index contributed by atoms with van der Waals surface area (Å²) in [4.78, 5) is 25.1. The summed E-state index contributed by atoms with van der Waals surface area (Å²) in [5.41, 5.74) is 2.47. The molecule has 5 rings (SSSR count). The first-order valence-corrected chi connectivity index (χ1v) is 11.8. The molecule has 1 heterocycles. The zero-order valence-electron chi connectivity index (χ0n) is 18.5. The molecule has 1 aliphatic heterocycles. The van der Waals surface area contributed by atoms with E-state index in [1.165, 1.54) is 11.8 Å². The zero-order chi connectivity index (χ0) is 23.5. The summed E-state index contributed by atoms with van der Waals surface area (Å²) < 4.78 is 0. The first-order valence-electron chi connectivity index (χ1n) is 10.9. The van der Waals surface area contributed by atoms with Crippen LogP contribution in [-0.2, 0) is 9.59 Å². The molecule has 4 aromatic carbocycles. The monoisotopic (exact) mass is 466 g/mol. The quantitative estimate of drug-likeness (QED) is 0.308. The van der Waals surface area contributed by atoms with Gasteiger partial charge in [0.1, 0.15) is 5.25 Å². The molecule has 7 heteroatoms. The van der Waals surface area contributed by atoms with E-state index in [9.17, 15) is 9.59 Å². The lowest BCUT2D eigenvalue weighted by Crippen LogP contribution is -2.28. The predicted octanol–water partition coefficient (Wildman–Crippen LogP) is 5.33. The van der Waals surface area contributed by atoms with Crippen LogP contribution >= 0.6 is 11.8 Å². The fraction of sp³-hybridized carbons (Fsp3) is 0.111. The van der Waals surface area contributed by atoms with Gasteiger partial charge in [0.05, 0.1) is 5.71 Å². The topological polar surface area (TPSA) is 82.9 Å². The van der Waals surface area contributed by atoms with Gasteiger partial charge in [0.25, 0.3) is 0 Å². The van der Waals surface area contributed by atoms with Gasteiger partial charge in [-0.05, 0) is 29.1 Å². The van der Waals surface area contributed by atoms with Crippen molar-refractivity contribution in [2.75, 3.05) is 5.32 Å². The zero-order valence-corrected chi connectivity index (χ0v) is 19.3. The van der Waals surface area contributed by atoms with Crippen LogP contribution in [0, 0.1) is 0 Å². The van der Waals surface area contributed by atoms with Gasteiger partial charge < -0.3 is 10.6 Å². The number of amides is 2. The lowest BCUT2D eigenvalue weighted by atomic mass is 10.0. The molecule has 1 aliphatic rings. The smallest absolute Gasteiger partial charge is 0.240 e. The molecule has 0 aromatic heterocycles. The van der Waals surface area contributed by atoms with Crippen LogP contribution in [-0.4, -0.2) is 27.9 Å². The highest BCUT2D eigenvalue weighted by molar-refractivity contribution is 8.15. The third kappa shape index (κ3) is 4.56. The van der Waals surface area contributed by atoms with Crippen molar-refractivity contribution in [3.8, 4) is 0 Å². The van der Waals surface area contributed by atoms with E-state index in [2.05, 4.69) is 33.0 Å². The summed E-state index contributed by atoms with van der Waals surface area (Å²) in [5, 5.41) is 18.3. The molecule has 0 spiro atoms. The number of thioether (sulfide) groups is 1. The molecule has 0 radical (unpaired) electrons. The fourth-order valence-corrected chi connectivity index (χ4v) is 4.92. The standard InChI is InChI=1S/C27H22N4O2S/c1-17(20-14-6-10-18-8-2-4-12-21(18)20)30-31-27-29-26(33)24(34-27)16-25(32)28-23-15-7-11-19-9-3-5-13-22(19)23/h2-15,24H,16H2,1H3,(H,28,32)(H,29,31,33)/b30-17-/t24-/m1/s1. The second-order valence-electron chi connectivity index (χ2n) is 7.99. The minimum atomic E-state index is -0.554. The molecule has 1 saturated heterocycles. The maximum Gasteiger partial charge on any atom is 0.240 e. The van der Waals surface area contributed by atoms with Crippen LogP contribution in [0.4, 0.5) is 5.69 Å². The van der Waals surface area contributed by atoms with Crippen LogP contribution < -0.4 is 10.6 Å². The fourth-order valence-electron chi connectivity index (χ4n) is 4.01. The number of anilines is 1. The van der Waals surface area contributed by atoms with Crippen LogP contribution in [0.15, 0.2) is 95.1 Å². The number of carbonyl (C=O) groups is 2. The molecule has 6 nitrogen and oxygen atoms in total. The molecular weight excluding hydrogens is 444 g/mol. The van der Waals surface area contributed by atoms with E-state index >= 15 is 0 Å². The number of amidine groups is 1. The number of hydrogen-bond donors (Lipinski definition) is 2. The second kappa shape index (κ2) is 9.49. The molecule has 0 unspecified atom stereocenters. The Labute approximate surface area is 201 Å². The largest absolute Gasteiger partial charge is 0.325 e. The van der Waals surface area contributed by atoms with Gasteiger partial charge >= 0.3 is 0 Å². The van der Waals surface area contributed by atoms with E-state index < -0.39 is 5.25 Å².